The Kier molecular flexibility index (Phi) is 3.70. The van der Waals surface area contributed by atoms with Crippen LogP contribution in [0.4, 0.5) is 8.78 Å². The molecule has 2 aromatic rings. The number of hydrogen-bond donors (Lipinski definition) is 2. The van der Waals surface area contributed by atoms with E-state index in [0.717, 1.165) is 12.1 Å². The molecule has 2 N–H and O–H groups in total. The van der Waals surface area contributed by atoms with Gasteiger partial charge in [0.25, 0.3) is 5.91 Å². The van der Waals surface area contributed by atoms with Gasteiger partial charge >= 0.3 is 0 Å². The third-order valence-electron chi connectivity index (χ3n) is 2.50. The molecular weight excluding hydrogens is 254 g/mol. The third-order valence-corrected chi connectivity index (χ3v) is 2.50. The molecule has 98 valence electrons. The highest BCUT2D eigenvalue weighted by Crippen LogP contribution is 2.09. The van der Waals surface area contributed by atoms with Crippen molar-refractivity contribution in [1.29, 1.82) is 0 Å². The molecule has 0 unspecified atom stereocenters. The second-order valence-corrected chi connectivity index (χ2v) is 3.86. The van der Waals surface area contributed by atoms with Crippen molar-refractivity contribution in [2.75, 3.05) is 0 Å². The van der Waals surface area contributed by atoms with Crippen LogP contribution in [0.3, 0.4) is 0 Å². The Morgan fingerprint density at radius 3 is 2.63 bits per heavy atom. The average Bonchev–Trinajstić information content (AvgIpc) is 2.38. The molecule has 0 spiro atoms. The van der Waals surface area contributed by atoms with Crippen LogP contribution in [-0.4, -0.2) is 10.9 Å². The second-order valence-electron chi connectivity index (χ2n) is 3.86. The summed E-state index contributed by atoms with van der Waals surface area (Å²) in [6.45, 7) is -0.0654. The molecule has 0 fully saturated rings. The number of halogens is 2. The van der Waals surface area contributed by atoms with E-state index in [-0.39, 0.29) is 23.2 Å². The summed E-state index contributed by atoms with van der Waals surface area (Å²) in [7, 11) is 0. The fourth-order valence-electron chi connectivity index (χ4n) is 1.49. The smallest absolute Gasteiger partial charge is 0.253 e. The van der Waals surface area contributed by atoms with Crippen LogP contribution in [0.1, 0.15) is 15.9 Å². The van der Waals surface area contributed by atoms with Gasteiger partial charge in [0.2, 0.25) is 5.56 Å². The first-order valence-electron chi connectivity index (χ1n) is 5.47. The van der Waals surface area contributed by atoms with E-state index in [2.05, 4.69) is 10.3 Å². The summed E-state index contributed by atoms with van der Waals surface area (Å²) in [5.41, 5.74) is 0.113. The summed E-state index contributed by atoms with van der Waals surface area (Å²) < 4.78 is 26.0. The summed E-state index contributed by atoms with van der Waals surface area (Å²) in [6, 6.07) is 5.70. The van der Waals surface area contributed by atoms with E-state index in [1.807, 2.05) is 0 Å². The zero-order valence-electron chi connectivity index (χ0n) is 9.74. The maximum atomic E-state index is 13.3. The van der Waals surface area contributed by atoms with E-state index >= 15 is 0 Å². The van der Waals surface area contributed by atoms with Crippen LogP contribution in [0.25, 0.3) is 0 Å². The fraction of sp³-hybridized carbons (Fsp3) is 0.0769. The van der Waals surface area contributed by atoms with E-state index in [0.29, 0.717) is 0 Å². The van der Waals surface area contributed by atoms with Gasteiger partial charge in [-0.3, -0.25) is 9.59 Å². The zero-order chi connectivity index (χ0) is 13.8. The van der Waals surface area contributed by atoms with Crippen molar-refractivity contribution in [3.05, 3.63) is 69.6 Å². The molecule has 0 aliphatic carbocycles. The lowest BCUT2D eigenvalue weighted by atomic mass is 10.2. The Balaban J connectivity index is 2.04. The van der Waals surface area contributed by atoms with Crippen LogP contribution in [0.15, 0.2) is 41.3 Å². The van der Waals surface area contributed by atoms with Crippen LogP contribution in [0.5, 0.6) is 0 Å². The molecule has 0 radical (unpaired) electrons. The molecule has 0 aliphatic rings. The first-order valence-corrected chi connectivity index (χ1v) is 5.47. The number of aromatic amines is 1. The number of carbonyl (C=O) groups excluding carboxylic acids is 1. The molecular formula is C13H10F2N2O2. The van der Waals surface area contributed by atoms with Gasteiger partial charge in [0.15, 0.2) is 0 Å². The molecule has 0 saturated heterocycles. The number of nitrogens with one attached hydrogen (secondary N) is 2. The van der Waals surface area contributed by atoms with Crippen LogP contribution < -0.4 is 10.9 Å². The SMILES string of the molecule is O=C(NCc1ccc(F)cc1F)c1ccc(=O)[nH]c1. The van der Waals surface area contributed by atoms with Gasteiger partial charge in [0.1, 0.15) is 11.6 Å². The molecule has 0 atom stereocenters. The predicted octanol–water partition coefficient (Wildman–Crippen LogP) is 1.58. The maximum absolute atomic E-state index is 13.3. The Morgan fingerprint density at radius 2 is 2.00 bits per heavy atom. The number of benzene rings is 1. The monoisotopic (exact) mass is 264 g/mol. The van der Waals surface area contributed by atoms with E-state index < -0.39 is 17.5 Å². The summed E-state index contributed by atoms with van der Waals surface area (Å²) in [5, 5.41) is 2.47. The Hall–Kier alpha value is -2.50. The zero-order valence-corrected chi connectivity index (χ0v) is 9.74. The number of carbonyl (C=O) groups is 1. The van der Waals surface area contributed by atoms with Crippen LogP contribution in [0, 0.1) is 11.6 Å². The minimum atomic E-state index is -0.721. The number of hydrogen-bond acceptors (Lipinski definition) is 2. The number of pyridine rings is 1. The molecule has 0 saturated carbocycles. The lowest BCUT2D eigenvalue weighted by Gasteiger charge is -2.06. The molecule has 1 aromatic heterocycles. The van der Waals surface area contributed by atoms with Crippen molar-refractivity contribution in [2.45, 2.75) is 6.54 Å². The normalized spacial score (nSPS) is 10.2. The highest BCUT2D eigenvalue weighted by molar-refractivity contribution is 5.93. The lowest BCUT2D eigenvalue weighted by molar-refractivity contribution is 0.0950. The van der Waals surface area contributed by atoms with Gasteiger partial charge in [-0.2, -0.15) is 0 Å². The fourth-order valence-corrected chi connectivity index (χ4v) is 1.49. The van der Waals surface area contributed by atoms with Gasteiger partial charge in [-0.15, -0.1) is 0 Å². The largest absolute Gasteiger partial charge is 0.348 e. The minimum Gasteiger partial charge on any atom is -0.348 e. The van der Waals surface area contributed by atoms with Crippen molar-refractivity contribution in [1.82, 2.24) is 10.3 Å². The molecule has 0 aliphatic heterocycles. The van der Waals surface area contributed by atoms with Gasteiger partial charge in [0.05, 0.1) is 5.56 Å². The van der Waals surface area contributed by atoms with Crippen molar-refractivity contribution in [3.8, 4) is 0 Å². The predicted molar refractivity (Wildman–Crippen MR) is 64.6 cm³/mol. The van der Waals surface area contributed by atoms with Gasteiger partial charge in [-0.05, 0) is 12.1 Å². The molecule has 1 aromatic carbocycles. The van der Waals surface area contributed by atoms with E-state index in [1.54, 1.807) is 0 Å². The highest BCUT2D eigenvalue weighted by atomic mass is 19.1. The van der Waals surface area contributed by atoms with E-state index in [1.165, 1.54) is 24.4 Å². The van der Waals surface area contributed by atoms with Crippen molar-refractivity contribution < 1.29 is 13.6 Å². The number of amides is 1. The average molecular weight is 264 g/mol. The molecule has 0 bridgehead atoms. The Bertz CT molecular complexity index is 647. The van der Waals surface area contributed by atoms with Crippen molar-refractivity contribution in [3.63, 3.8) is 0 Å². The number of H-pyrrole nitrogens is 1. The Morgan fingerprint density at radius 1 is 1.21 bits per heavy atom. The number of aromatic nitrogens is 1. The van der Waals surface area contributed by atoms with Crippen LogP contribution in [-0.2, 0) is 6.54 Å². The van der Waals surface area contributed by atoms with Crippen molar-refractivity contribution in [2.24, 2.45) is 0 Å². The van der Waals surface area contributed by atoms with Crippen molar-refractivity contribution >= 4 is 5.91 Å². The molecule has 1 heterocycles. The lowest BCUT2D eigenvalue weighted by Crippen LogP contribution is -2.24. The van der Waals surface area contributed by atoms with Gasteiger partial charge in [-0.1, -0.05) is 6.07 Å². The molecule has 1 amide bonds. The van der Waals surface area contributed by atoms with Crippen LogP contribution >= 0.6 is 0 Å². The molecule has 2 rings (SSSR count). The topological polar surface area (TPSA) is 62.0 Å². The molecule has 6 heteroatoms. The molecule has 4 nitrogen and oxygen atoms in total. The number of rotatable bonds is 3. The minimum absolute atomic E-state index is 0.0654. The highest BCUT2D eigenvalue weighted by Gasteiger charge is 2.08. The first kappa shape index (κ1) is 12.9. The Labute approximate surface area is 107 Å². The third kappa shape index (κ3) is 3.25. The van der Waals surface area contributed by atoms with Gasteiger partial charge in [0, 0.05) is 30.4 Å². The summed E-state index contributed by atoms with van der Waals surface area (Å²) in [4.78, 5) is 24.9. The summed E-state index contributed by atoms with van der Waals surface area (Å²) >= 11 is 0. The first-order chi connectivity index (χ1) is 9.06. The standard InChI is InChI=1S/C13H10F2N2O2/c14-10-3-1-8(11(15)5-10)6-17-13(19)9-2-4-12(18)16-7-9/h1-5,7H,6H2,(H,16,18)(H,17,19). The van der Waals surface area contributed by atoms with Gasteiger partial charge in [-0.25, -0.2) is 8.78 Å². The quantitative estimate of drug-likeness (QED) is 0.884. The molecule has 19 heavy (non-hydrogen) atoms. The van der Waals surface area contributed by atoms with Gasteiger partial charge < -0.3 is 10.3 Å². The maximum Gasteiger partial charge on any atom is 0.253 e. The summed E-state index contributed by atoms with van der Waals surface area (Å²) in [6.07, 6.45) is 1.26. The van der Waals surface area contributed by atoms with E-state index in [4.69, 9.17) is 0 Å². The van der Waals surface area contributed by atoms with E-state index in [9.17, 15) is 18.4 Å². The second kappa shape index (κ2) is 5.43. The summed E-state index contributed by atoms with van der Waals surface area (Å²) in [5.74, 6) is -1.85. The van der Waals surface area contributed by atoms with Crippen LogP contribution in [0.2, 0.25) is 0 Å².